The standard InChI is InChI=1S/C78H100N14O23S/c1-42(2)33-56(71(104)89-59(37-67(100)101)74(107)90-60(77(110)111)36-47-39-81-53-16-9-7-14-51(47)53)86-72(105)57(34-45-21-23-48(94)24-22-45)87-70(103)55(28-30-66(98)99)84-69(102)54(27-29-65(96)97)85-73(106)58(35-46-38-80-52-15-8-6-13-50(46)52)88-75(108)61(41-93)83-64(95)40-82-76(109)62-17-12-31-92(62)63(18-10-11-32-115-78(112)68(79)43(3)4)91-116(113,114)49-25-19-44(5)20-26-49/h6-9,13-16,19-26,38-39,42-43,54-62,68,80-81,93-94H,10-12,17-18,27-37,40-41,79H2,1-5H3,(H,82,109)(H,83,95)(H,84,102)(H,85,106)(H,86,105)(H,87,103)(H,88,108)(H,89,104)(H,90,107)(H,96,97)(H,98,99)(H,100,101)(H,110,111)/b91-63+/t54-,55-,56-,57-,58-,59-,60-,61-,62+,68+/m1/s1. The first kappa shape index (κ1) is 90.9. The number of hydrogen-bond acceptors (Lipinski definition) is 20. The zero-order valence-corrected chi connectivity index (χ0v) is 65.4. The van der Waals surface area contributed by atoms with Crippen molar-refractivity contribution in [1.82, 2.24) is 62.7 Å². The number of fused-ring (bicyclic) bond motifs is 2. The van der Waals surface area contributed by atoms with Crippen LogP contribution in [0.1, 0.15) is 121 Å². The Morgan fingerprint density at radius 3 is 1.58 bits per heavy atom. The molecule has 0 aliphatic carbocycles. The van der Waals surface area contributed by atoms with Gasteiger partial charge in [-0.25, -0.2) is 4.79 Å². The van der Waals surface area contributed by atoms with Gasteiger partial charge in [0.1, 0.15) is 72.0 Å². The zero-order valence-electron chi connectivity index (χ0n) is 64.6. The summed E-state index contributed by atoms with van der Waals surface area (Å²) in [6, 6.07) is 8.42. The second-order valence-corrected chi connectivity index (χ2v) is 30.5. The minimum Gasteiger partial charge on any atom is -0.508 e. The summed E-state index contributed by atoms with van der Waals surface area (Å²) < 4.78 is 37.0. The number of carbonyl (C=O) groups excluding carboxylic acids is 10. The Morgan fingerprint density at radius 2 is 1.05 bits per heavy atom. The molecular formula is C78H100N14O23S. The lowest BCUT2D eigenvalue weighted by Crippen LogP contribution is -2.61. The number of sulfonamides is 1. The minimum atomic E-state index is -4.35. The number of aliphatic hydroxyl groups is 1. The number of carbonyl (C=O) groups is 14. The number of aromatic hydroxyl groups is 1. The summed E-state index contributed by atoms with van der Waals surface area (Å²) in [5, 5.41) is 83.5. The van der Waals surface area contributed by atoms with Crippen LogP contribution in [-0.2, 0) is 101 Å². The molecule has 38 heteroatoms. The van der Waals surface area contributed by atoms with Gasteiger partial charge in [0.2, 0.25) is 53.2 Å². The molecule has 116 heavy (non-hydrogen) atoms. The monoisotopic (exact) mass is 1630 g/mol. The van der Waals surface area contributed by atoms with Gasteiger partial charge in [0.25, 0.3) is 10.0 Å². The van der Waals surface area contributed by atoms with Gasteiger partial charge in [-0.2, -0.15) is 8.42 Å². The van der Waals surface area contributed by atoms with Crippen LogP contribution in [0.25, 0.3) is 21.8 Å². The number of hydrogen-bond donors (Lipinski definition) is 18. The maximum Gasteiger partial charge on any atom is 0.326 e. The van der Waals surface area contributed by atoms with Crippen molar-refractivity contribution in [3.05, 3.63) is 132 Å². The van der Waals surface area contributed by atoms with Crippen molar-refractivity contribution in [2.24, 2.45) is 22.0 Å². The molecule has 1 aliphatic heterocycles. The van der Waals surface area contributed by atoms with Gasteiger partial charge < -0.3 is 104 Å². The Hall–Kier alpha value is -12.3. The number of rotatable bonds is 45. The number of nitrogens with two attached hydrogens (primary N) is 1. The molecule has 9 amide bonds. The average Bonchev–Trinajstić information content (AvgIpc) is 1.73. The Labute approximate surface area is 666 Å². The number of ether oxygens (including phenoxy) is 1. The van der Waals surface area contributed by atoms with Gasteiger partial charge in [-0.1, -0.05) is 93.9 Å². The lowest BCUT2D eigenvalue weighted by atomic mass is 9.99. The van der Waals surface area contributed by atoms with E-state index in [1.54, 1.807) is 101 Å². The zero-order chi connectivity index (χ0) is 85.1. The first-order valence-corrected chi connectivity index (χ1v) is 39.1. The number of carboxylic acid groups (broad SMARTS) is 4. The highest BCUT2D eigenvalue weighted by Crippen LogP contribution is 2.26. The number of aliphatic hydroxyl groups excluding tert-OH is 1. The highest BCUT2D eigenvalue weighted by molar-refractivity contribution is 7.90. The van der Waals surface area contributed by atoms with E-state index in [2.05, 4.69) is 62.2 Å². The fraction of sp³-hybridized carbons (Fsp3) is 0.449. The topological polar surface area (TPSA) is 585 Å². The van der Waals surface area contributed by atoms with E-state index >= 15 is 0 Å². The highest BCUT2D eigenvalue weighted by atomic mass is 32.2. The minimum absolute atomic E-state index is 0.00845. The van der Waals surface area contributed by atoms with Crippen LogP contribution in [0.3, 0.4) is 0 Å². The van der Waals surface area contributed by atoms with Crippen molar-refractivity contribution in [1.29, 1.82) is 0 Å². The predicted octanol–water partition coefficient (Wildman–Crippen LogP) is 0.962. The summed E-state index contributed by atoms with van der Waals surface area (Å²) >= 11 is 0. The number of amides is 9. The smallest absolute Gasteiger partial charge is 0.326 e. The number of esters is 1. The maximum atomic E-state index is 14.8. The summed E-state index contributed by atoms with van der Waals surface area (Å²) in [4.78, 5) is 198. The number of aliphatic carboxylic acids is 4. The number of aromatic amines is 2. The summed E-state index contributed by atoms with van der Waals surface area (Å²) in [5.41, 5.74) is 9.08. The molecule has 0 unspecified atom stereocenters. The fourth-order valence-electron chi connectivity index (χ4n) is 12.7. The largest absolute Gasteiger partial charge is 0.508 e. The average molecular weight is 1630 g/mol. The summed E-state index contributed by atoms with van der Waals surface area (Å²) in [6.45, 7) is 6.78. The van der Waals surface area contributed by atoms with E-state index in [0.717, 1.165) is 5.56 Å². The first-order chi connectivity index (χ1) is 55.0. The second kappa shape index (κ2) is 43.2. The summed E-state index contributed by atoms with van der Waals surface area (Å²) in [6.07, 6.45) is -1.40. The van der Waals surface area contributed by atoms with Crippen molar-refractivity contribution in [3.63, 3.8) is 0 Å². The number of phenolic OH excluding ortho intramolecular Hbond substituents is 1. The number of aromatic nitrogens is 2. The molecule has 3 heterocycles. The van der Waals surface area contributed by atoms with Crippen LogP contribution < -0.4 is 53.6 Å². The van der Waals surface area contributed by atoms with Gasteiger partial charge in [-0.05, 0) is 117 Å². The number of H-pyrrole nitrogens is 2. The molecule has 1 saturated heterocycles. The normalized spacial score (nSPS) is 15.3. The van der Waals surface area contributed by atoms with Crippen molar-refractivity contribution in [2.75, 3.05) is 26.3 Å². The highest BCUT2D eigenvalue weighted by Gasteiger charge is 2.39. The quantitative estimate of drug-likeness (QED) is 0.0110. The Balaban J connectivity index is 1.08. The van der Waals surface area contributed by atoms with E-state index in [1.165, 1.54) is 47.5 Å². The molecule has 0 spiro atoms. The molecule has 2 aromatic heterocycles. The number of likely N-dealkylation sites (tertiary alicyclic amines) is 1. The van der Waals surface area contributed by atoms with Crippen LogP contribution in [0.5, 0.6) is 5.75 Å². The van der Waals surface area contributed by atoms with E-state index in [9.17, 15) is 106 Å². The van der Waals surface area contributed by atoms with Crippen molar-refractivity contribution < 1.29 is 111 Å². The fourth-order valence-corrected chi connectivity index (χ4v) is 13.8. The number of amidine groups is 1. The third kappa shape index (κ3) is 27.5. The lowest BCUT2D eigenvalue weighted by molar-refractivity contribution is -0.146. The van der Waals surface area contributed by atoms with E-state index in [0.29, 0.717) is 39.4 Å². The van der Waals surface area contributed by atoms with Gasteiger partial charge in [0.15, 0.2) is 0 Å². The second-order valence-electron chi connectivity index (χ2n) is 28.9. The maximum absolute atomic E-state index is 14.8. The number of unbranched alkanes of at least 4 members (excludes halogenated alkanes) is 1. The van der Waals surface area contributed by atoms with Crippen LogP contribution in [0.15, 0.2) is 119 Å². The molecule has 7 rings (SSSR count). The van der Waals surface area contributed by atoms with Gasteiger partial charge in [0.05, 0.1) is 31.1 Å². The molecule has 1 aliphatic rings. The molecule has 0 saturated carbocycles. The number of nitrogens with zero attached hydrogens (tertiary/aromatic N) is 2. The summed E-state index contributed by atoms with van der Waals surface area (Å²) in [7, 11) is -4.35. The Morgan fingerprint density at radius 1 is 0.569 bits per heavy atom. The van der Waals surface area contributed by atoms with Crippen molar-refractivity contribution >= 4 is 121 Å². The lowest BCUT2D eigenvalue weighted by Gasteiger charge is -2.28. The third-order valence-corrected chi connectivity index (χ3v) is 20.4. The SMILES string of the molecule is Cc1ccc(S(=O)(=O)/N=C(\CCCCOC(=O)[C@@H](N)C(C)C)N2CCC[C@H]2C(=O)NCC(=O)N[C@H](CO)C(=O)N[C@H](Cc2c[nH]c3ccccc23)C(=O)N[C@H](CCC(=O)O)C(=O)N[C@H](CCC(=O)O)C(=O)N[C@H](Cc2ccc(O)cc2)C(=O)N[C@H](CC(C)C)C(=O)N[C@H](CC(=O)O)C(=O)N[C@H](Cc2c[nH]c3ccccc23)C(=O)O)cc1. The Bertz CT molecular complexity index is 4660. The Kier molecular flexibility index (Phi) is 33.9. The summed E-state index contributed by atoms with van der Waals surface area (Å²) in [5.74, 6) is -17.7. The molecule has 19 N–H and O–H groups in total. The van der Waals surface area contributed by atoms with Gasteiger partial charge >= 0.3 is 29.8 Å². The molecule has 0 radical (unpaired) electrons. The van der Waals surface area contributed by atoms with E-state index in [-0.39, 0.29) is 79.6 Å². The van der Waals surface area contributed by atoms with E-state index < -0.39 is 217 Å². The molecule has 1 fully saturated rings. The first-order valence-electron chi connectivity index (χ1n) is 37.7. The molecule has 10 atom stereocenters. The van der Waals surface area contributed by atoms with Crippen molar-refractivity contribution in [3.8, 4) is 5.75 Å². The number of benzene rings is 4. The van der Waals surface area contributed by atoms with Gasteiger partial charge in [-0.15, -0.1) is 4.40 Å². The molecule has 626 valence electrons. The molecule has 0 bridgehead atoms. The van der Waals surface area contributed by atoms with Crippen LogP contribution in [-0.4, -0.2) is 229 Å². The number of phenols is 1. The molecule has 37 nitrogen and oxygen atoms in total. The number of para-hydroxylation sites is 2. The van der Waals surface area contributed by atoms with Gasteiger partial charge in [-0.3, -0.25) is 62.3 Å². The molecule has 4 aromatic carbocycles. The van der Waals surface area contributed by atoms with Crippen LogP contribution in [0.2, 0.25) is 0 Å². The number of carboxylic acids is 4. The van der Waals surface area contributed by atoms with Crippen LogP contribution >= 0.6 is 0 Å². The van der Waals surface area contributed by atoms with Crippen molar-refractivity contribution in [2.45, 2.75) is 190 Å². The third-order valence-electron chi connectivity index (χ3n) is 19.1. The van der Waals surface area contributed by atoms with Gasteiger partial charge in [0, 0.05) is 79.3 Å². The van der Waals surface area contributed by atoms with Crippen LogP contribution in [0.4, 0.5) is 0 Å². The molecular weight excluding hydrogens is 1530 g/mol. The number of nitrogens with one attached hydrogen (secondary N) is 11. The van der Waals surface area contributed by atoms with E-state index in [4.69, 9.17) is 10.5 Å². The predicted molar refractivity (Wildman–Crippen MR) is 418 cm³/mol. The van der Waals surface area contributed by atoms with Crippen LogP contribution in [0, 0.1) is 18.8 Å². The van der Waals surface area contributed by atoms with E-state index in [1.807, 2.05) is 0 Å². The number of aryl methyl sites for hydroxylation is 1. The molecule has 6 aromatic rings.